The van der Waals surface area contributed by atoms with E-state index in [1.165, 1.54) is 12.1 Å². The van der Waals surface area contributed by atoms with E-state index < -0.39 is 5.91 Å². The molecule has 6 heteroatoms. The maximum atomic E-state index is 13.7. The Morgan fingerprint density at radius 3 is 2.64 bits per heavy atom. The van der Waals surface area contributed by atoms with Crippen LogP contribution in [0.15, 0.2) is 54.6 Å². The van der Waals surface area contributed by atoms with Gasteiger partial charge in [0.1, 0.15) is 5.82 Å². The summed E-state index contributed by atoms with van der Waals surface area (Å²) in [5.74, 6) is -0.837. The summed E-state index contributed by atoms with van der Waals surface area (Å²) in [5.41, 5.74) is 13.8. The zero-order valence-corrected chi connectivity index (χ0v) is 13.2. The van der Waals surface area contributed by atoms with Crippen LogP contribution in [0.3, 0.4) is 0 Å². The summed E-state index contributed by atoms with van der Waals surface area (Å²) < 4.78 is 15.3. The average Bonchev–Trinajstić information content (AvgIpc) is 2.93. The highest BCUT2D eigenvalue weighted by Gasteiger charge is 2.16. The average molecular weight is 334 g/mol. The second-order valence-corrected chi connectivity index (χ2v) is 5.92. The molecule has 1 heterocycles. The number of amides is 1. The zero-order valence-electron chi connectivity index (χ0n) is 13.2. The Balaban J connectivity index is 2.12. The van der Waals surface area contributed by atoms with Crippen LogP contribution in [0, 0.1) is 5.82 Å². The molecule has 4 aromatic rings. The van der Waals surface area contributed by atoms with Gasteiger partial charge in [-0.1, -0.05) is 24.3 Å². The van der Waals surface area contributed by atoms with E-state index in [9.17, 15) is 9.18 Å². The lowest BCUT2D eigenvalue weighted by Gasteiger charge is -2.07. The monoisotopic (exact) mass is 334 g/mol. The Kier molecular flexibility index (Phi) is 3.39. The van der Waals surface area contributed by atoms with Crippen LogP contribution in [0.2, 0.25) is 0 Å². The molecule has 4 rings (SSSR count). The van der Waals surface area contributed by atoms with Crippen LogP contribution >= 0.6 is 0 Å². The molecule has 0 aliphatic carbocycles. The quantitative estimate of drug-likeness (QED) is 0.565. The van der Waals surface area contributed by atoms with Crippen molar-refractivity contribution < 1.29 is 9.18 Å². The number of fused-ring (bicyclic) bond motifs is 3. The van der Waals surface area contributed by atoms with Crippen LogP contribution in [0.25, 0.3) is 27.4 Å². The minimum Gasteiger partial charge on any atom is -0.399 e. The molecule has 0 fully saturated rings. The van der Waals surface area contributed by atoms with Crippen molar-refractivity contribution in [2.24, 2.45) is 5.73 Å². The number of carbonyl (C=O) groups is 1. The molecule has 0 saturated carbocycles. The molecule has 5 nitrogen and oxygen atoms in total. The van der Waals surface area contributed by atoms with Crippen LogP contribution in [-0.2, 0) is 11.2 Å². The topological polar surface area (TPSA) is 86.9 Å². The Bertz CT molecular complexity index is 1130. The number of aromatic nitrogens is 2. The van der Waals surface area contributed by atoms with Crippen molar-refractivity contribution >= 4 is 33.3 Å². The number of nitrogens with two attached hydrogens (primary N) is 2. The molecule has 3 aromatic carbocycles. The van der Waals surface area contributed by atoms with Gasteiger partial charge in [0, 0.05) is 16.5 Å². The normalized spacial score (nSPS) is 11.2. The number of halogens is 1. The highest BCUT2D eigenvalue weighted by Crippen LogP contribution is 2.31. The van der Waals surface area contributed by atoms with Gasteiger partial charge in [0.15, 0.2) is 0 Å². The number of rotatable bonds is 3. The smallest absolute Gasteiger partial charge is 0.223 e. The molecule has 1 amide bonds. The summed E-state index contributed by atoms with van der Waals surface area (Å²) in [6, 6.07) is 15.6. The van der Waals surface area contributed by atoms with Crippen molar-refractivity contribution in [3.63, 3.8) is 0 Å². The highest BCUT2D eigenvalue weighted by atomic mass is 19.1. The fraction of sp³-hybridized carbons (Fsp3) is 0.0526. The molecule has 0 bridgehead atoms. The minimum atomic E-state index is -0.474. The standard InChI is InChI=1S/C19H15FN4O/c20-12-2-1-3-14(8-12)24-19-15(17(23-24)10-18(22)25)7-5-11-4-6-13(21)9-16(11)19/h1-9H,10,21H2,(H2,22,25). The fourth-order valence-corrected chi connectivity index (χ4v) is 3.10. The lowest BCUT2D eigenvalue weighted by atomic mass is 10.0. The lowest BCUT2D eigenvalue weighted by Crippen LogP contribution is -2.14. The summed E-state index contributed by atoms with van der Waals surface area (Å²) >= 11 is 0. The number of benzene rings is 3. The minimum absolute atomic E-state index is 0.00659. The maximum Gasteiger partial charge on any atom is 0.223 e. The van der Waals surface area contributed by atoms with Crippen molar-refractivity contribution in [3.05, 3.63) is 66.1 Å². The maximum absolute atomic E-state index is 13.7. The summed E-state index contributed by atoms with van der Waals surface area (Å²) in [4.78, 5) is 11.4. The third-order valence-electron chi connectivity index (χ3n) is 4.16. The van der Waals surface area contributed by atoms with Crippen molar-refractivity contribution in [2.75, 3.05) is 5.73 Å². The van der Waals surface area contributed by atoms with Crippen molar-refractivity contribution in [1.82, 2.24) is 9.78 Å². The number of primary amides is 1. The van der Waals surface area contributed by atoms with E-state index in [1.807, 2.05) is 30.3 Å². The summed E-state index contributed by atoms with van der Waals surface area (Å²) in [5, 5.41) is 7.18. The summed E-state index contributed by atoms with van der Waals surface area (Å²) in [6.45, 7) is 0. The van der Waals surface area contributed by atoms with E-state index in [4.69, 9.17) is 11.5 Å². The van der Waals surface area contributed by atoms with E-state index in [0.29, 0.717) is 17.1 Å². The van der Waals surface area contributed by atoms with Gasteiger partial charge in [0.05, 0.1) is 23.3 Å². The van der Waals surface area contributed by atoms with E-state index in [-0.39, 0.29) is 12.2 Å². The van der Waals surface area contributed by atoms with Crippen molar-refractivity contribution in [3.8, 4) is 5.69 Å². The van der Waals surface area contributed by atoms with Crippen molar-refractivity contribution in [2.45, 2.75) is 6.42 Å². The van der Waals surface area contributed by atoms with Crippen LogP contribution in [0.4, 0.5) is 10.1 Å². The number of nitrogens with zero attached hydrogens (tertiary/aromatic N) is 2. The Hall–Kier alpha value is -3.41. The van der Waals surface area contributed by atoms with Gasteiger partial charge in [-0.2, -0.15) is 5.10 Å². The number of hydrogen-bond acceptors (Lipinski definition) is 3. The second kappa shape index (κ2) is 5.59. The fourth-order valence-electron chi connectivity index (χ4n) is 3.10. The van der Waals surface area contributed by atoms with E-state index >= 15 is 0 Å². The van der Waals surface area contributed by atoms with Gasteiger partial charge in [-0.25, -0.2) is 9.07 Å². The van der Waals surface area contributed by atoms with Crippen LogP contribution < -0.4 is 11.5 Å². The van der Waals surface area contributed by atoms with Crippen LogP contribution in [-0.4, -0.2) is 15.7 Å². The molecule has 124 valence electrons. The zero-order chi connectivity index (χ0) is 17.6. The summed E-state index contributed by atoms with van der Waals surface area (Å²) in [6.07, 6.45) is 0.00659. The van der Waals surface area contributed by atoms with E-state index in [2.05, 4.69) is 5.10 Å². The number of carbonyl (C=O) groups excluding carboxylic acids is 1. The van der Waals surface area contributed by atoms with Gasteiger partial charge in [-0.3, -0.25) is 4.79 Å². The first kappa shape index (κ1) is 15.1. The molecule has 0 spiro atoms. The molecule has 0 radical (unpaired) electrons. The third-order valence-corrected chi connectivity index (χ3v) is 4.16. The van der Waals surface area contributed by atoms with Gasteiger partial charge >= 0.3 is 0 Å². The third kappa shape index (κ3) is 2.57. The Labute approximate surface area is 142 Å². The molecule has 0 unspecified atom stereocenters. The molecule has 0 saturated heterocycles. The molecular weight excluding hydrogens is 319 g/mol. The first-order valence-corrected chi connectivity index (χ1v) is 7.77. The Morgan fingerprint density at radius 1 is 1.08 bits per heavy atom. The highest BCUT2D eigenvalue weighted by molar-refractivity contribution is 6.08. The second-order valence-electron chi connectivity index (χ2n) is 5.92. The summed E-state index contributed by atoms with van der Waals surface area (Å²) in [7, 11) is 0. The van der Waals surface area contributed by atoms with Crippen molar-refractivity contribution in [1.29, 1.82) is 0 Å². The van der Waals surface area contributed by atoms with Crippen LogP contribution in [0.5, 0.6) is 0 Å². The van der Waals surface area contributed by atoms with Gasteiger partial charge < -0.3 is 11.5 Å². The Morgan fingerprint density at radius 2 is 1.88 bits per heavy atom. The van der Waals surface area contributed by atoms with Gasteiger partial charge in [0.25, 0.3) is 0 Å². The number of hydrogen-bond donors (Lipinski definition) is 2. The molecule has 0 aliphatic rings. The van der Waals surface area contributed by atoms with Gasteiger partial charge in [0.2, 0.25) is 5.91 Å². The molecule has 4 N–H and O–H groups in total. The largest absolute Gasteiger partial charge is 0.399 e. The molecular formula is C19H15FN4O. The first-order chi connectivity index (χ1) is 12.0. The molecule has 0 atom stereocenters. The number of nitrogen functional groups attached to an aromatic ring is 1. The van der Waals surface area contributed by atoms with Crippen LogP contribution in [0.1, 0.15) is 5.69 Å². The lowest BCUT2D eigenvalue weighted by molar-refractivity contribution is -0.117. The molecule has 25 heavy (non-hydrogen) atoms. The molecule has 0 aliphatic heterocycles. The van der Waals surface area contributed by atoms with Gasteiger partial charge in [-0.15, -0.1) is 0 Å². The van der Waals surface area contributed by atoms with E-state index in [1.54, 1.807) is 16.8 Å². The van der Waals surface area contributed by atoms with E-state index in [0.717, 1.165) is 21.7 Å². The van der Waals surface area contributed by atoms with Gasteiger partial charge in [-0.05, 0) is 35.7 Å². The first-order valence-electron chi connectivity index (χ1n) is 7.77. The molecule has 1 aromatic heterocycles. The number of anilines is 1. The SMILES string of the molecule is NC(=O)Cc1nn(-c2cccc(F)c2)c2c1ccc1ccc(N)cc12. The predicted molar refractivity (Wildman–Crippen MR) is 95.8 cm³/mol. The predicted octanol–water partition coefficient (Wildman–Crippen LogP) is 2.93.